The number of hydrogen-bond donors (Lipinski definition) is 0. The van der Waals surface area contributed by atoms with Gasteiger partial charge in [-0.1, -0.05) is 37.7 Å². The molecule has 0 spiro atoms. The molecule has 3 aromatic rings. The zero-order valence-corrected chi connectivity index (χ0v) is 19.8. The van der Waals surface area contributed by atoms with Crippen LogP contribution in [-0.2, 0) is 19.6 Å². The number of carbonyl (C=O) groups excluding carboxylic acids is 1. The van der Waals surface area contributed by atoms with Gasteiger partial charge in [-0.05, 0) is 30.3 Å². The summed E-state index contributed by atoms with van der Waals surface area (Å²) in [6.45, 7) is 4.78. The molecule has 0 bridgehead atoms. The Morgan fingerprint density at radius 3 is 2.62 bits per heavy atom. The first kappa shape index (κ1) is 22.6. The number of benzene rings is 2. The Morgan fingerprint density at radius 2 is 1.97 bits per heavy atom. The average Bonchev–Trinajstić information content (AvgIpc) is 3.36. The lowest BCUT2D eigenvalue weighted by Crippen LogP contribution is -2.30. The molecule has 1 fully saturated rings. The number of sulfonamides is 1. The van der Waals surface area contributed by atoms with Crippen molar-refractivity contribution in [3.05, 3.63) is 42.5 Å². The highest BCUT2D eigenvalue weighted by atomic mass is 32.2. The Kier molecular flexibility index (Phi) is 6.45. The number of methoxy groups -OCH3 is 1. The van der Waals surface area contributed by atoms with E-state index in [9.17, 15) is 13.2 Å². The van der Waals surface area contributed by atoms with Crippen LogP contribution in [0.1, 0.15) is 20.3 Å². The number of nitrogens with zero attached hydrogens (tertiary/aromatic N) is 3. The quantitative estimate of drug-likeness (QED) is 0.461. The lowest BCUT2D eigenvalue weighted by atomic mass is 10.2. The number of thioether (sulfide) groups is 1. The molecule has 1 aromatic heterocycles. The summed E-state index contributed by atoms with van der Waals surface area (Å²) in [4.78, 5) is 17.0. The van der Waals surface area contributed by atoms with Crippen LogP contribution in [0, 0.1) is 0 Å². The van der Waals surface area contributed by atoms with Gasteiger partial charge in [0.1, 0.15) is 11.0 Å². The van der Waals surface area contributed by atoms with Gasteiger partial charge in [0.2, 0.25) is 10.0 Å². The van der Waals surface area contributed by atoms with E-state index in [0.29, 0.717) is 42.5 Å². The Bertz CT molecular complexity index is 1250. The summed E-state index contributed by atoms with van der Waals surface area (Å²) in [6, 6.07) is 12.4. The molecule has 170 valence electrons. The summed E-state index contributed by atoms with van der Waals surface area (Å²) < 4.78 is 40.0. The maximum atomic E-state index is 13.0. The van der Waals surface area contributed by atoms with Gasteiger partial charge in [-0.3, -0.25) is 9.36 Å². The molecule has 10 heteroatoms. The molecule has 8 nitrogen and oxygen atoms in total. The van der Waals surface area contributed by atoms with E-state index in [2.05, 4.69) is 0 Å². The van der Waals surface area contributed by atoms with Crippen molar-refractivity contribution in [3.8, 4) is 11.4 Å². The molecule has 4 rings (SSSR count). The van der Waals surface area contributed by atoms with Crippen LogP contribution in [0.15, 0.2) is 52.5 Å². The molecule has 1 aliphatic heterocycles. The smallest absolute Gasteiger partial charge is 0.319 e. The first-order chi connectivity index (χ1) is 15.4. The van der Waals surface area contributed by atoms with E-state index in [1.54, 1.807) is 25.3 Å². The SMILES string of the molecule is CCN(CC)S(=O)(=O)c1ccc2c(c1)nc(SC1CCOC1=O)n2-c1ccccc1OC. The van der Waals surface area contributed by atoms with Crippen molar-refractivity contribution >= 4 is 38.8 Å². The van der Waals surface area contributed by atoms with E-state index in [0.717, 1.165) is 11.2 Å². The van der Waals surface area contributed by atoms with Crippen LogP contribution in [0.2, 0.25) is 0 Å². The zero-order chi connectivity index (χ0) is 22.9. The molecule has 1 atom stereocenters. The molecule has 0 aliphatic carbocycles. The Labute approximate surface area is 191 Å². The van der Waals surface area contributed by atoms with Crippen molar-refractivity contribution in [3.63, 3.8) is 0 Å². The number of aromatic nitrogens is 2. The van der Waals surface area contributed by atoms with Gasteiger partial charge in [0.25, 0.3) is 0 Å². The summed E-state index contributed by atoms with van der Waals surface area (Å²) in [7, 11) is -2.04. The van der Waals surface area contributed by atoms with Gasteiger partial charge in [-0.25, -0.2) is 13.4 Å². The van der Waals surface area contributed by atoms with Gasteiger partial charge < -0.3 is 9.47 Å². The van der Waals surface area contributed by atoms with Crippen LogP contribution < -0.4 is 4.74 Å². The van der Waals surface area contributed by atoms with Crippen molar-refractivity contribution in [1.29, 1.82) is 0 Å². The predicted molar refractivity (Wildman–Crippen MR) is 123 cm³/mol. The van der Waals surface area contributed by atoms with E-state index in [1.807, 2.05) is 42.7 Å². The number of fused-ring (bicyclic) bond motifs is 1. The summed E-state index contributed by atoms with van der Waals surface area (Å²) in [5.74, 6) is 0.376. The summed E-state index contributed by atoms with van der Waals surface area (Å²) in [5, 5.41) is 0.213. The van der Waals surface area contributed by atoms with E-state index in [1.165, 1.54) is 16.1 Å². The monoisotopic (exact) mass is 475 g/mol. The van der Waals surface area contributed by atoms with Gasteiger partial charge in [0.15, 0.2) is 5.16 Å². The van der Waals surface area contributed by atoms with Crippen molar-refractivity contribution in [1.82, 2.24) is 13.9 Å². The van der Waals surface area contributed by atoms with Crippen molar-refractivity contribution in [2.24, 2.45) is 0 Å². The average molecular weight is 476 g/mol. The number of ether oxygens (including phenoxy) is 2. The number of rotatable bonds is 8. The van der Waals surface area contributed by atoms with Gasteiger partial charge in [0, 0.05) is 19.5 Å². The number of imidazole rings is 1. The molecule has 2 heterocycles. The van der Waals surface area contributed by atoms with E-state index < -0.39 is 10.0 Å². The molecular formula is C22H25N3O5S2. The molecule has 0 N–H and O–H groups in total. The third-order valence-electron chi connectivity index (χ3n) is 5.40. The lowest BCUT2D eigenvalue weighted by molar-refractivity contribution is -0.137. The van der Waals surface area contributed by atoms with E-state index in [4.69, 9.17) is 14.5 Å². The normalized spacial score (nSPS) is 16.6. The Balaban J connectivity index is 1.89. The van der Waals surface area contributed by atoms with Crippen LogP contribution in [-0.4, -0.2) is 60.3 Å². The predicted octanol–water partition coefficient (Wildman–Crippen LogP) is 3.47. The third-order valence-corrected chi connectivity index (χ3v) is 8.64. The van der Waals surface area contributed by atoms with Crippen LogP contribution in [0.5, 0.6) is 5.75 Å². The second kappa shape index (κ2) is 9.13. The zero-order valence-electron chi connectivity index (χ0n) is 18.1. The largest absolute Gasteiger partial charge is 0.495 e. The fraction of sp³-hybridized carbons (Fsp3) is 0.364. The minimum absolute atomic E-state index is 0.190. The minimum Gasteiger partial charge on any atom is -0.495 e. The molecule has 1 saturated heterocycles. The van der Waals surface area contributed by atoms with E-state index in [-0.39, 0.29) is 16.1 Å². The maximum Gasteiger partial charge on any atom is 0.319 e. The second-order valence-corrected chi connectivity index (χ2v) is 10.3. The van der Waals surface area contributed by atoms with Gasteiger partial charge in [-0.2, -0.15) is 4.31 Å². The number of hydrogen-bond acceptors (Lipinski definition) is 7. The molecule has 0 amide bonds. The van der Waals surface area contributed by atoms with Crippen molar-refractivity contribution in [2.75, 3.05) is 26.8 Å². The first-order valence-electron chi connectivity index (χ1n) is 10.4. The molecule has 0 saturated carbocycles. The van der Waals surface area contributed by atoms with Crippen molar-refractivity contribution in [2.45, 2.75) is 35.6 Å². The van der Waals surface area contributed by atoms with Gasteiger partial charge >= 0.3 is 5.97 Å². The summed E-state index contributed by atoms with van der Waals surface area (Å²) in [6.07, 6.45) is 0.597. The summed E-state index contributed by atoms with van der Waals surface area (Å²) in [5.41, 5.74) is 2.01. The summed E-state index contributed by atoms with van der Waals surface area (Å²) >= 11 is 1.32. The number of para-hydroxylation sites is 2. The maximum absolute atomic E-state index is 13.0. The lowest BCUT2D eigenvalue weighted by Gasteiger charge is -2.18. The van der Waals surface area contributed by atoms with Crippen LogP contribution in [0.3, 0.4) is 0 Å². The second-order valence-electron chi connectivity index (χ2n) is 7.20. The third kappa shape index (κ3) is 3.98. The minimum atomic E-state index is -3.63. The van der Waals surface area contributed by atoms with Gasteiger partial charge in [0.05, 0.1) is 35.3 Å². The molecule has 32 heavy (non-hydrogen) atoms. The number of cyclic esters (lactones) is 1. The van der Waals surface area contributed by atoms with Crippen molar-refractivity contribution < 1.29 is 22.7 Å². The number of carbonyl (C=O) groups is 1. The standard InChI is InChI=1S/C22H25N3O5S2/c1-4-24(5-2)32(27,28)15-10-11-17-16(14-15)23-22(31-20-12-13-30-21(20)26)25(17)18-8-6-7-9-19(18)29-3/h6-11,14,20H,4-5,12-13H2,1-3H3. The highest BCUT2D eigenvalue weighted by Crippen LogP contribution is 2.37. The number of esters is 1. The topological polar surface area (TPSA) is 90.7 Å². The van der Waals surface area contributed by atoms with Crippen LogP contribution in [0.25, 0.3) is 16.7 Å². The Morgan fingerprint density at radius 1 is 1.22 bits per heavy atom. The Hall–Kier alpha value is -2.56. The highest BCUT2D eigenvalue weighted by molar-refractivity contribution is 8.00. The molecule has 0 radical (unpaired) electrons. The molecular weight excluding hydrogens is 450 g/mol. The first-order valence-corrected chi connectivity index (χ1v) is 12.7. The fourth-order valence-corrected chi connectivity index (χ4v) is 6.31. The highest BCUT2D eigenvalue weighted by Gasteiger charge is 2.31. The molecule has 1 aliphatic rings. The van der Waals surface area contributed by atoms with Crippen LogP contribution in [0.4, 0.5) is 0 Å². The van der Waals surface area contributed by atoms with Gasteiger partial charge in [-0.15, -0.1) is 0 Å². The van der Waals surface area contributed by atoms with E-state index >= 15 is 0 Å². The fourth-order valence-electron chi connectivity index (χ4n) is 3.75. The molecule has 1 unspecified atom stereocenters. The molecule has 2 aromatic carbocycles. The van der Waals surface area contributed by atoms with Crippen LogP contribution >= 0.6 is 11.8 Å².